The number of carbonyl (C=O) groups is 8. The van der Waals surface area contributed by atoms with Crippen LogP contribution in [0, 0.1) is 0 Å². The summed E-state index contributed by atoms with van der Waals surface area (Å²) in [6.45, 7) is 41.9. The van der Waals surface area contributed by atoms with E-state index in [1.807, 2.05) is 111 Å². The van der Waals surface area contributed by atoms with Gasteiger partial charge in [0.25, 0.3) is 0 Å². The second-order valence-corrected chi connectivity index (χ2v) is 26.4. The van der Waals surface area contributed by atoms with E-state index in [4.69, 9.17) is 0 Å². The molecule has 4 fully saturated rings. The third-order valence-corrected chi connectivity index (χ3v) is 13.6. The van der Waals surface area contributed by atoms with E-state index in [0.29, 0.717) is 10.5 Å². The fourth-order valence-corrected chi connectivity index (χ4v) is 11.6. The lowest BCUT2D eigenvalue weighted by molar-refractivity contribution is -0.354. The summed E-state index contributed by atoms with van der Waals surface area (Å²) in [6.07, 6.45) is 6.16. The summed E-state index contributed by atoms with van der Waals surface area (Å²) in [5, 5.41) is 58.7. The van der Waals surface area contributed by atoms with Crippen LogP contribution in [0.4, 0.5) is 0 Å². The van der Waals surface area contributed by atoms with Crippen LogP contribution in [0.25, 0.3) is 0 Å². The molecule has 466 valence electrons. The molecule has 4 aliphatic heterocycles. The molecule has 0 spiro atoms. The molecular weight excluding hydrogens is 1040 g/mol. The van der Waals surface area contributed by atoms with E-state index >= 15 is 0 Å². The zero-order chi connectivity index (χ0) is 63.1. The molecule has 0 aromatic rings. The Morgan fingerprint density at radius 2 is 0.450 bits per heavy atom. The third kappa shape index (κ3) is 26.5. The predicted octanol–water partition coefficient (Wildman–Crippen LogP) is 5.64. The van der Waals surface area contributed by atoms with Crippen molar-refractivity contribution in [2.45, 2.75) is 286 Å². The molecule has 0 aromatic heterocycles. The lowest BCUT2D eigenvalue weighted by Gasteiger charge is -2.51. The third-order valence-electron chi connectivity index (χ3n) is 13.6. The van der Waals surface area contributed by atoms with Gasteiger partial charge in [-0.25, -0.2) is 0 Å². The molecule has 0 aliphatic carbocycles. The summed E-state index contributed by atoms with van der Waals surface area (Å²) in [5.41, 5.74) is -2.37. The number of nitrogens with one attached hydrogen (secondary N) is 4. The van der Waals surface area contributed by atoms with Crippen LogP contribution in [0.2, 0.25) is 0 Å². The molecule has 4 heterocycles. The fourth-order valence-electron chi connectivity index (χ4n) is 11.6. The first-order valence-electron chi connectivity index (χ1n) is 27.2. The van der Waals surface area contributed by atoms with Crippen molar-refractivity contribution in [3.05, 3.63) is 0 Å². The molecule has 4 amide bonds. The second kappa shape index (κ2) is 30.1. The average molecular weight is 1150 g/mol. The van der Waals surface area contributed by atoms with E-state index in [1.54, 1.807) is 0 Å². The normalized spacial score (nSPS) is 22.2. The Kier molecular flexibility index (Phi) is 28.3. The van der Waals surface area contributed by atoms with E-state index in [-0.39, 0.29) is 105 Å². The van der Waals surface area contributed by atoms with Crippen molar-refractivity contribution in [2.24, 2.45) is 0 Å². The smallest absolute Gasteiger partial charge is 0.326 e. The number of hydroxylamine groups is 12. The Morgan fingerprint density at radius 3 is 0.550 bits per heavy atom. The predicted molar refractivity (Wildman–Crippen MR) is 295 cm³/mol. The number of amides is 4. The maximum absolute atomic E-state index is 11.0. The number of piperidine rings is 4. The van der Waals surface area contributed by atoms with Gasteiger partial charge in [-0.15, -0.1) is 0 Å². The molecule has 0 unspecified atom stereocenters. The first-order chi connectivity index (χ1) is 35.8. The van der Waals surface area contributed by atoms with Gasteiger partial charge in [-0.05, 0) is 162 Å². The van der Waals surface area contributed by atoms with Crippen LogP contribution < -0.4 is 21.3 Å². The highest BCUT2D eigenvalue weighted by Gasteiger charge is 2.48. The molecule has 0 atom stereocenters. The minimum atomic E-state index is -0.724. The van der Waals surface area contributed by atoms with Crippen LogP contribution in [-0.4, -0.2) is 181 Å². The van der Waals surface area contributed by atoms with Gasteiger partial charge in [0, 0.05) is 134 Å². The summed E-state index contributed by atoms with van der Waals surface area (Å²) in [7, 11) is 0. The molecule has 26 nitrogen and oxygen atoms in total. The summed E-state index contributed by atoms with van der Waals surface area (Å²) in [6, 6.07) is 0.596. The Bertz CT molecular complexity index is 1740. The van der Waals surface area contributed by atoms with Gasteiger partial charge in [-0.3, -0.25) is 38.4 Å². The van der Waals surface area contributed by atoms with Crippen LogP contribution in [0.5, 0.6) is 0 Å². The SMILES string of the molecule is CC(=O)NC1CC(C)(C)N(O)C(C)(C)C1.CC(=O)NC1CC(C)(C)N(O)C(C)(C)C1.CC(=O)NC1CC(C)(C)N(O)C(C)(C)C1.CC(=O)NC1CC(C)(C)N(O)C(C)(C)C1.CC(=O)ON(CCN(OC(C)=O)OC(C)=O)OC(C)=O. The Balaban J connectivity index is 0.000000979. The number of carbonyl (C=O) groups excluding carboxylic acids is 8. The second-order valence-electron chi connectivity index (χ2n) is 26.4. The maximum atomic E-state index is 11.0. The lowest BCUT2D eigenvalue weighted by Crippen LogP contribution is -2.62. The molecule has 0 aromatic carbocycles. The molecule has 0 saturated carbocycles. The molecular formula is C54H104N10O16. The van der Waals surface area contributed by atoms with E-state index in [0.717, 1.165) is 79.1 Å². The highest BCUT2D eigenvalue weighted by Crippen LogP contribution is 2.40. The molecule has 8 N–H and O–H groups in total. The van der Waals surface area contributed by atoms with Crippen LogP contribution in [0.3, 0.4) is 0 Å². The Labute approximate surface area is 475 Å². The molecule has 26 heteroatoms. The van der Waals surface area contributed by atoms with Crippen molar-refractivity contribution in [1.29, 1.82) is 0 Å². The van der Waals surface area contributed by atoms with Crippen molar-refractivity contribution in [3.8, 4) is 0 Å². The van der Waals surface area contributed by atoms with E-state index in [2.05, 4.69) is 40.6 Å². The van der Waals surface area contributed by atoms with Crippen molar-refractivity contribution in [3.63, 3.8) is 0 Å². The quantitative estimate of drug-likeness (QED) is 0.116. The Hall–Kier alpha value is -4.64. The van der Waals surface area contributed by atoms with E-state index < -0.39 is 23.9 Å². The zero-order valence-electron chi connectivity index (χ0n) is 52.8. The van der Waals surface area contributed by atoms with Gasteiger partial charge in [0.05, 0.1) is 13.1 Å². The number of hydrogen-bond acceptors (Lipinski definition) is 22. The van der Waals surface area contributed by atoms with Gasteiger partial charge in [0.1, 0.15) is 0 Å². The molecule has 0 radical (unpaired) electrons. The van der Waals surface area contributed by atoms with Crippen molar-refractivity contribution >= 4 is 47.5 Å². The monoisotopic (exact) mass is 1150 g/mol. The first kappa shape index (κ1) is 75.4. The maximum Gasteiger partial charge on any atom is 0.326 e. The first-order valence-corrected chi connectivity index (χ1v) is 27.2. The summed E-state index contributed by atoms with van der Waals surface area (Å²) in [5.74, 6) is -2.90. The highest BCUT2D eigenvalue weighted by molar-refractivity contribution is 5.74. The molecule has 0 bridgehead atoms. The largest absolute Gasteiger partial charge is 0.353 e. The van der Waals surface area contributed by atoms with Crippen molar-refractivity contribution in [1.82, 2.24) is 52.0 Å². The number of rotatable bonds is 11. The topological polar surface area (TPSA) is 322 Å². The van der Waals surface area contributed by atoms with Gasteiger partial charge in [0.2, 0.25) is 23.6 Å². The molecule has 4 rings (SSSR count). The van der Waals surface area contributed by atoms with Crippen LogP contribution in [-0.2, 0) is 57.7 Å². The number of nitrogens with zero attached hydrogens (tertiary/aromatic N) is 6. The van der Waals surface area contributed by atoms with Gasteiger partial charge < -0.3 is 61.4 Å². The van der Waals surface area contributed by atoms with Gasteiger partial charge in [0.15, 0.2) is 0 Å². The van der Waals surface area contributed by atoms with E-state index in [1.165, 1.54) is 47.9 Å². The highest BCUT2D eigenvalue weighted by atomic mass is 17.0. The molecule has 4 aliphatic rings. The summed E-state index contributed by atoms with van der Waals surface area (Å²) >= 11 is 0. The van der Waals surface area contributed by atoms with Crippen LogP contribution in [0.15, 0.2) is 0 Å². The Morgan fingerprint density at radius 1 is 0.325 bits per heavy atom. The minimum Gasteiger partial charge on any atom is -0.353 e. The van der Waals surface area contributed by atoms with Gasteiger partial charge >= 0.3 is 23.9 Å². The van der Waals surface area contributed by atoms with Crippen LogP contribution >= 0.6 is 0 Å². The van der Waals surface area contributed by atoms with E-state index in [9.17, 15) is 59.2 Å². The van der Waals surface area contributed by atoms with Gasteiger partial charge in [-0.2, -0.15) is 20.3 Å². The fraction of sp³-hybridized carbons (Fsp3) is 0.852. The van der Waals surface area contributed by atoms with Crippen molar-refractivity contribution in [2.75, 3.05) is 13.1 Å². The van der Waals surface area contributed by atoms with Crippen LogP contribution in [0.1, 0.15) is 218 Å². The number of hydrogen-bond donors (Lipinski definition) is 8. The standard InChI is InChI=1S/4C11H22N2O2.C10H16N2O8/c4*1-8(14)12-9-6-10(2,3)13(15)11(4,5)7-9;1-7(13)17-11(18-8(2)14)5-6-12(19-9(3)15)20-10(4)16/h4*9,15H,6-7H2,1-5H3,(H,12,14);5-6H2,1-4H3. The lowest BCUT2D eigenvalue weighted by atomic mass is 9.79. The van der Waals surface area contributed by atoms with Gasteiger partial charge in [-0.1, -0.05) is 0 Å². The zero-order valence-corrected chi connectivity index (χ0v) is 52.8. The summed E-state index contributed by atoms with van der Waals surface area (Å²) < 4.78 is 0. The van der Waals surface area contributed by atoms with Crippen molar-refractivity contribution < 1.29 is 78.5 Å². The minimum absolute atomic E-state index is 0.00186. The molecule has 80 heavy (non-hydrogen) atoms. The molecule has 4 saturated heterocycles. The summed E-state index contributed by atoms with van der Waals surface area (Å²) in [4.78, 5) is 106. The average Bonchev–Trinajstić information content (AvgIpc) is 3.20.